The molecule has 0 aliphatic heterocycles. The lowest BCUT2D eigenvalue weighted by atomic mass is 9.96. The van der Waals surface area contributed by atoms with E-state index >= 15 is 0 Å². The zero-order valence-electron chi connectivity index (χ0n) is 18.2. The van der Waals surface area contributed by atoms with Gasteiger partial charge >= 0.3 is 0 Å². The van der Waals surface area contributed by atoms with Crippen molar-refractivity contribution in [1.29, 1.82) is 0 Å². The molecule has 0 amide bonds. The van der Waals surface area contributed by atoms with E-state index in [9.17, 15) is 5.11 Å². The molecule has 0 spiro atoms. The van der Waals surface area contributed by atoms with Crippen molar-refractivity contribution in [2.24, 2.45) is 0 Å². The van der Waals surface area contributed by atoms with Crippen LogP contribution in [0.5, 0.6) is 5.75 Å². The summed E-state index contributed by atoms with van der Waals surface area (Å²) in [7, 11) is 0. The number of aliphatic hydroxyl groups excluding tert-OH is 1. The summed E-state index contributed by atoms with van der Waals surface area (Å²) in [6.07, 6.45) is 5.43. The number of unbranched alkanes of at least 4 members (excludes halogenated alkanes) is 1. The first-order valence-corrected chi connectivity index (χ1v) is 11.0. The molecule has 0 aliphatic rings. The van der Waals surface area contributed by atoms with Gasteiger partial charge in [0.05, 0.1) is 6.10 Å². The van der Waals surface area contributed by atoms with Gasteiger partial charge < -0.3 is 9.84 Å². The van der Waals surface area contributed by atoms with Crippen molar-refractivity contribution >= 4 is 0 Å². The summed E-state index contributed by atoms with van der Waals surface area (Å²) in [5.41, 5.74) is 5.29. The molecule has 0 saturated heterocycles. The lowest BCUT2D eigenvalue weighted by molar-refractivity contribution is 0.0980. The van der Waals surface area contributed by atoms with Crippen molar-refractivity contribution in [2.45, 2.75) is 32.3 Å². The van der Waals surface area contributed by atoms with Crippen molar-refractivity contribution in [3.05, 3.63) is 85.5 Å². The third kappa shape index (κ3) is 5.56. The molecule has 1 N–H and O–H groups in total. The SMILES string of the molecule is CCCCC(O)COc1ccc(-c2cc(-c3ccccc3)cc(-c3ncncn3)c2)cc1. The second kappa shape index (κ2) is 10.6. The Bertz CT molecular complexity index is 1060. The molecule has 1 atom stereocenters. The van der Waals surface area contributed by atoms with Crippen molar-refractivity contribution in [2.75, 3.05) is 6.61 Å². The topological polar surface area (TPSA) is 68.1 Å². The van der Waals surface area contributed by atoms with E-state index in [1.165, 1.54) is 12.7 Å². The first-order valence-electron chi connectivity index (χ1n) is 11.0. The average Bonchev–Trinajstić information content (AvgIpc) is 2.87. The molecule has 1 aromatic heterocycles. The van der Waals surface area contributed by atoms with Gasteiger partial charge in [0.2, 0.25) is 0 Å². The zero-order chi connectivity index (χ0) is 22.2. The van der Waals surface area contributed by atoms with Gasteiger partial charge in [-0.05, 0) is 59.0 Å². The fraction of sp³-hybridized carbons (Fsp3) is 0.222. The molecule has 3 aromatic carbocycles. The van der Waals surface area contributed by atoms with Crippen molar-refractivity contribution < 1.29 is 9.84 Å². The number of benzene rings is 3. The maximum Gasteiger partial charge on any atom is 0.162 e. The van der Waals surface area contributed by atoms with Gasteiger partial charge in [-0.2, -0.15) is 0 Å². The minimum atomic E-state index is -0.430. The maximum atomic E-state index is 10.0. The molecular formula is C27H27N3O2. The molecule has 0 radical (unpaired) electrons. The van der Waals surface area contributed by atoms with E-state index in [1.54, 1.807) is 0 Å². The maximum absolute atomic E-state index is 10.0. The second-order valence-corrected chi connectivity index (χ2v) is 7.76. The summed E-state index contributed by atoms with van der Waals surface area (Å²) in [4.78, 5) is 12.6. The number of hydrogen-bond acceptors (Lipinski definition) is 5. The predicted molar refractivity (Wildman–Crippen MR) is 127 cm³/mol. The Hall–Kier alpha value is -3.57. The predicted octanol–water partition coefficient (Wildman–Crippen LogP) is 5.80. The highest BCUT2D eigenvalue weighted by atomic mass is 16.5. The van der Waals surface area contributed by atoms with Crippen LogP contribution in [0.4, 0.5) is 0 Å². The fourth-order valence-electron chi connectivity index (χ4n) is 3.57. The molecule has 0 saturated carbocycles. The lowest BCUT2D eigenvalue weighted by Crippen LogP contribution is -2.17. The van der Waals surface area contributed by atoms with E-state index in [2.05, 4.69) is 52.2 Å². The van der Waals surface area contributed by atoms with Crippen LogP contribution in [0, 0.1) is 0 Å². The highest BCUT2D eigenvalue weighted by Gasteiger charge is 2.10. The molecule has 32 heavy (non-hydrogen) atoms. The third-order valence-corrected chi connectivity index (χ3v) is 5.31. The van der Waals surface area contributed by atoms with Crippen LogP contribution >= 0.6 is 0 Å². The minimum absolute atomic E-state index is 0.312. The summed E-state index contributed by atoms with van der Waals surface area (Å²) < 4.78 is 5.76. The van der Waals surface area contributed by atoms with Crippen LogP contribution in [0.2, 0.25) is 0 Å². The van der Waals surface area contributed by atoms with Crippen LogP contribution in [0.3, 0.4) is 0 Å². The highest BCUT2D eigenvalue weighted by Crippen LogP contribution is 2.32. The Labute approximate surface area is 188 Å². The summed E-state index contributed by atoms with van der Waals surface area (Å²) in [5, 5.41) is 10.0. The lowest BCUT2D eigenvalue weighted by Gasteiger charge is -2.13. The van der Waals surface area contributed by atoms with Crippen LogP contribution in [0.25, 0.3) is 33.6 Å². The molecule has 0 aliphatic carbocycles. The number of aliphatic hydroxyl groups is 1. The molecule has 4 rings (SSSR count). The minimum Gasteiger partial charge on any atom is -0.491 e. The van der Waals surface area contributed by atoms with E-state index in [0.29, 0.717) is 12.4 Å². The molecule has 5 nitrogen and oxygen atoms in total. The quantitative estimate of drug-likeness (QED) is 0.367. The summed E-state index contributed by atoms with van der Waals surface area (Å²) >= 11 is 0. The van der Waals surface area contributed by atoms with Gasteiger partial charge in [0, 0.05) is 5.56 Å². The number of nitrogens with zero attached hydrogens (tertiary/aromatic N) is 3. The highest BCUT2D eigenvalue weighted by molar-refractivity contribution is 5.79. The molecule has 5 heteroatoms. The van der Waals surface area contributed by atoms with Gasteiger partial charge in [-0.1, -0.05) is 62.2 Å². The largest absolute Gasteiger partial charge is 0.491 e. The third-order valence-electron chi connectivity index (χ3n) is 5.31. The first-order chi connectivity index (χ1) is 15.7. The van der Waals surface area contributed by atoms with Crippen molar-refractivity contribution in [3.8, 4) is 39.4 Å². The number of rotatable bonds is 9. The van der Waals surface area contributed by atoms with Gasteiger partial charge in [0.1, 0.15) is 25.0 Å². The van der Waals surface area contributed by atoms with E-state index < -0.39 is 6.10 Å². The van der Waals surface area contributed by atoms with Gasteiger partial charge in [0.25, 0.3) is 0 Å². The summed E-state index contributed by atoms with van der Waals surface area (Å²) in [6.45, 7) is 2.43. The number of hydrogen-bond donors (Lipinski definition) is 1. The van der Waals surface area contributed by atoms with E-state index in [0.717, 1.165) is 52.8 Å². The zero-order valence-corrected chi connectivity index (χ0v) is 18.2. The molecule has 1 heterocycles. The molecule has 4 aromatic rings. The van der Waals surface area contributed by atoms with E-state index in [4.69, 9.17) is 4.74 Å². The number of aromatic nitrogens is 3. The van der Waals surface area contributed by atoms with Gasteiger partial charge in [-0.3, -0.25) is 0 Å². The molecular weight excluding hydrogens is 398 g/mol. The Balaban J connectivity index is 1.61. The molecule has 0 bridgehead atoms. The Kier molecular flexibility index (Phi) is 7.20. The van der Waals surface area contributed by atoms with Gasteiger partial charge in [0.15, 0.2) is 5.82 Å². The molecule has 0 fully saturated rings. The molecule has 1 unspecified atom stereocenters. The van der Waals surface area contributed by atoms with Crippen LogP contribution in [-0.2, 0) is 0 Å². The van der Waals surface area contributed by atoms with Crippen LogP contribution in [0.15, 0.2) is 85.5 Å². The first kappa shape index (κ1) is 21.7. The van der Waals surface area contributed by atoms with Crippen LogP contribution in [-0.4, -0.2) is 32.8 Å². The fourth-order valence-corrected chi connectivity index (χ4v) is 3.57. The summed E-state index contributed by atoms with van der Waals surface area (Å²) in [6, 6.07) is 24.6. The normalized spacial score (nSPS) is 11.8. The van der Waals surface area contributed by atoms with E-state index in [-0.39, 0.29) is 0 Å². The van der Waals surface area contributed by atoms with Gasteiger partial charge in [-0.15, -0.1) is 0 Å². The monoisotopic (exact) mass is 425 g/mol. The van der Waals surface area contributed by atoms with Gasteiger partial charge in [-0.25, -0.2) is 15.0 Å². The van der Waals surface area contributed by atoms with Crippen molar-refractivity contribution in [3.63, 3.8) is 0 Å². The van der Waals surface area contributed by atoms with Crippen molar-refractivity contribution in [1.82, 2.24) is 15.0 Å². The molecule has 162 valence electrons. The van der Waals surface area contributed by atoms with E-state index in [1.807, 2.05) is 42.5 Å². The Morgan fingerprint density at radius 2 is 1.41 bits per heavy atom. The number of ether oxygens (including phenoxy) is 1. The smallest absolute Gasteiger partial charge is 0.162 e. The summed E-state index contributed by atoms with van der Waals surface area (Å²) in [5.74, 6) is 1.39. The Morgan fingerprint density at radius 3 is 2.06 bits per heavy atom. The van der Waals surface area contributed by atoms with Crippen LogP contribution in [0.1, 0.15) is 26.2 Å². The second-order valence-electron chi connectivity index (χ2n) is 7.76. The average molecular weight is 426 g/mol. The van der Waals surface area contributed by atoms with Crippen LogP contribution < -0.4 is 4.74 Å². The standard InChI is InChI=1S/C27H27N3O2/c1-2-3-9-25(31)17-32-26-12-10-21(11-13-26)23-14-22(20-7-5-4-6-8-20)15-24(16-23)27-29-18-28-19-30-27/h4-8,10-16,18-19,25,31H,2-3,9,17H2,1H3. The Morgan fingerprint density at radius 1 is 0.781 bits per heavy atom.